The second-order valence-electron chi connectivity index (χ2n) is 3.41. The fraction of sp³-hybridized carbons (Fsp3) is 0.167. The van der Waals surface area contributed by atoms with Crippen molar-refractivity contribution in [2.45, 2.75) is 6.92 Å². The van der Waals surface area contributed by atoms with Gasteiger partial charge in [-0.05, 0) is 13.0 Å². The Balaban J connectivity index is 2.07. The fourth-order valence-electron chi connectivity index (χ4n) is 1.23. The second-order valence-corrected chi connectivity index (χ2v) is 4.32. The summed E-state index contributed by atoms with van der Waals surface area (Å²) in [5.41, 5.74) is 1.18. The number of carbonyl (C=O) groups is 1. The minimum atomic E-state index is -0.301. The van der Waals surface area contributed by atoms with Crippen LogP contribution in [0.5, 0.6) is 0 Å². The lowest BCUT2D eigenvalue weighted by atomic mass is 10.3. The van der Waals surface area contributed by atoms with E-state index in [2.05, 4.69) is 22.1 Å². The Hall–Kier alpha value is -2.10. The van der Waals surface area contributed by atoms with Crippen molar-refractivity contribution < 1.29 is 14.3 Å². The quantitative estimate of drug-likeness (QED) is 0.807. The molecule has 0 saturated heterocycles. The standard InChI is InChI=1S/C12H10N2O3S/c1-8-6-17-12(13-8)14-11(16)9-5-10(18-7-9)3-2-4-15/h5-7,15H,4H2,1H3,(H,13,14,16). The van der Waals surface area contributed by atoms with Gasteiger partial charge in [0.1, 0.15) is 12.9 Å². The summed E-state index contributed by atoms with van der Waals surface area (Å²) in [6.45, 7) is 1.57. The van der Waals surface area contributed by atoms with E-state index in [1.54, 1.807) is 18.4 Å². The van der Waals surface area contributed by atoms with E-state index in [4.69, 9.17) is 9.52 Å². The topological polar surface area (TPSA) is 75.4 Å². The molecule has 0 fully saturated rings. The van der Waals surface area contributed by atoms with Crippen molar-refractivity contribution in [3.05, 3.63) is 33.8 Å². The van der Waals surface area contributed by atoms with Crippen LogP contribution in [-0.2, 0) is 0 Å². The van der Waals surface area contributed by atoms with Crippen LogP contribution in [0, 0.1) is 18.8 Å². The van der Waals surface area contributed by atoms with Gasteiger partial charge in [-0.25, -0.2) is 0 Å². The van der Waals surface area contributed by atoms with Gasteiger partial charge in [-0.15, -0.1) is 11.3 Å². The molecule has 0 unspecified atom stereocenters. The summed E-state index contributed by atoms with van der Waals surface area (Å²) in [6.07, 6.45) is 1.46. The number of hydrogen-bond acceptors (Lipinski definition) is 5. The van der Waals surface area contributed by atoms with Crippen LogP contribution < -0.4 is 5.32 Å². The number of carbonyl (C=O) groups excluding carboxylic acids is 1. The molecular weight excluding hydrogens is 252 g/mol. The highest BCUT2D eigenvalue weighted by molar-refractivity contribution is 7.10. The average Bonchev–Trinajstić information content (AvgIpc) is 2.96. The van der Waals surface area contributed by atoms with Gasteiger partial charge in [-0.1, -0.05) is 11.8 Å². The number of aromatic nitrogens is 1. The number of anilines is 1. The first-order chi connectivity index (χ1) is 8.69. The van der Waals surface area contributed by atoms with Crippen LogP contribution in [-0.4, -0.2) is 22.6 Å². The Kier molecular flexibility index (Phi) is 3.77. The van der Waals surface area contributed by atoms with Crippen LogP contribution in [0.4, 0.5) is 6.01 Å². The molecule has 0 spiro atoms. The summed E-state index contributed by atoms with van der Waals surface area (Å²) < 4.78 is 5.03. The van der Waals surface area contributed by atoms with Gasteiger partial charge in [0.15, 0.2) is 0 Å². The summed E-state index contributed by atoms with van der Waals surface area (Å²) in [7, 11) is 0. The van der Waals surface area contributed by atoms with E-state index in [0.717, 1.165) is 4.88 Å². The van der Waals surface area contributed by atoms with E-state index in [-0.39, 0.29) is 18.5 Å². The molecule has 92 valence electrons. The fourth-order valence-corrected chi connectivity index (χ4v) is 1.98. The van der Waals surface area contributed by atoms with Gasteiger partial charge in [0.05, 0.1) is 16.1 Å². The van der Waals surface area contributed by atoms with Crippen LogP contribution in [0.15, 0.2) is 22.1 Å². The number of oxazole rings is 1. The maximum atomic E-state index is 11.8. The largest absolute Gasteiger partial charge is 0.432 e. The van der Waals surface area contributed by atoms with Gasteiger partial charge >= 0.3 is 6.01 Å². The van der Waals surface area contributed by atoms with Crippen molar-refractivity contribution in [2.75, 3.05) is 11.9 Å². The number of thiophene rings is 1. The maximum Gasteiger partial charge on any atom is 0.301 e. The number of nitrogens with one attached hydrogen (secondary N) is 1. The summed E-state index contributed by atoms with van der Waals surface area (Å²) in [6, 6.07) is 1.82. The predicted molar refractivity (Wildman–Crippen MR) is 67.5 cm³/mol. The maximum absolute atomic E-state index is 11.8. The molecule has 0 atom stereocenters. The van der Waals surface area contributed by atoms with Crippen molar-refractivity contribution >= 4 is 23.3 Å². The number of aliphatic hydroxyl groups is 1. The molecule has 0 aliphatic carbocycles. The first-order valence-electron chi connectivity index (χ1n) is 5.11. The van der Waals surface area contributed by atoms with Gasteiger partial charge < -0.3 is 9.52 Å². The van der Waals surface area contributed by atoms with Crippen molar-refractivity contribution in [1.82, 2.24) is 4.98 Å². The SMILES string of the molecule is Cc1coc(NC(=O)c2csc(C#CCO)c2)n1. The number of rotatable bonds is 2. The molecule has 0 aliphatic rings. The molecule has 0 saturated carbocycles. The van der Waals surface area contributed by atoms with Crippen LogP contribution >= 0.6 is 11.3 Å². The Morgan fingerprint density at radius 1 is 1.67 bits per heavy atom. The molecule has 0 aromatic carbocycles. The van der Waals surface area contributed by atoms with E-state index >= 15 is 0 Å². The van der Waals surface area contributed by atoms with E-state index in [9.17, 15) is 4.79 Å². The molecule has 0 radical (unpaired) electrons. The summed E-state index contributed by atoms with van der Waals surface area (Å²) in [5, 5.41) is 12.8. The third-order valence-electron chi connectivity index (χ3n) is 1.99. The summed E-state index contributed by atoms with van der Waals surface area (Å²) >= 11 is 1.34. The zero-order valence-corrected chi connectivity index (χ0v) is 10.4. The lowest BCUT2D eigenvalue weighted by molar-refractivity contribution is 0.102. The third-order valence-corrected chi connectivity index (χ3v) is 2.84. The number of hydrogen-bond donors (Lipinski definition) is 2. The van der Waals surface area contributed by atoms with E-state index in [1.807, 2.05) is 0 Å². The Morgan fingerprint density at radius 3 is 3.17 bits per heavy atom. The molecule has 2 aromatic heterocycles. The zero-order chi connectivity index (χ0) is 13.0. The molecule has 5 nitrogen and oxygen atoms in total. The van der Waals surface area contributed by atoms with Gasteiger partial charge in [0.2, 0.25) is 0 Å². The molecule has 0 bridgehead atoms. The molecule has 2 heterocycles. The number of nitrogens with zero attached hydrogens (tertiary/aromatic N) is 1. The van der Waals surface area contributed by atoms with Gasteiger partial charge in [-0.3, -0.25) is 10.1 Å². The highest BCUT2D eigenvalue weighted by Crippen LogP contribution is 2.15. The molecule has 2 N–H and O–H groups in total. The smallest absolute Gasteiger partial charge is 0.301 e. The molecule has 2 rings (SSSR count). The number of aryl methyl sites for hydroxylation is 1. The third kappa shape index (κ3) is 2.97. The van der Waals surface area contributed by atoms with Crippen molar-refractivity contribution in [3.63, 3.8) is 0 Å². The molecule has 18 heavy (non-hydrogen) atoms. The van der Waals surface area contributed by atoms with E-state index in [1.165, 1.54) is 17.6 Å². The van der Waals surface area contributed by atoms with E-state index < -0.39 is 0 Å². The monoisotopic (exact) mass is 262 g/mol. The first kappa shape index (κ1) is 12.4. The lowest BCUT2D eigenvalue weighted by Crippen LogP contribution is -2.10. The molecule has 0 aliphatic heterocycles. The Bertz CT molecular complexity index is 619. The Labute approximate surface area is 107 Å². The molecule has 6 heteroatoms. The van der Waals surface area contributed by atoms with E-state index in [0.29, 0.717) is 11.3 Å². The van der Waals surface area contributed by atoms with Crippen molar-refractivity contribution in [1.29, 1.82) is 0 Å². The molecule has 1 amide bonds. The van der Waals surface area contributed by atoms with Crippen LogP contribution in [0.2, 0.25) is 0 Å². The van der Waals surface area contributed by atoms with Gasteiger partial charge in [0, 0.05) is 5.38 Å². The van der Waals surface area contributed by atoms with Gasteiger partial charge in [-0.2, -0.15) is 4.98 Å². The van der Waals surface area contributed by atoms with Crippen LogP contribution in [0.25, 0.3) is 0 Å². The first-order valence-corrected chi connectivity index (χ1v) is 5.99. The summed E-state index contributed by atoms with van der Waals surface area (Å²) in [5.74, 6) is 4.96. The van der Waals surface area contributed by atoms with Gasteiger partial charge in [0.25, 0.3) is 5.91 Å². The minimum absolute atomic E-state index is 0.173. The van der Waals surface area contributed by atoms with Crippen LogP contribution in [0.3, 0.4) is 0 Å². The summed E-state index contributed by atoms with van der Waals surface area (Å²) in [4.78, 5) is 16.5. The Morgan fingerprint density at radius 2 is 2.50 bits per heavy atom. The number of amides is 1. The molecule has 2 aromatic rings. The average molecular weight is 262 g/mol. The highest BCUT2D eigenvalue weighted by Gasteiger charge is 2.11. The molecular formula is C12H10N2O3S. The zero-order valence-electron chi connectivity index (χ0n) is 9.56. The highest BCUT2D eigenvalue weighted by atomic mass is 32.1. The van der Waals surface area contributed by atoms with Crippen molar-refractivity contribution in [2.24, 2.45) is 0 Å². The second kappa shape index (κ2) is 5.49. The van der Waals surface area contributed by atoms with Crippen LogP contribution in [0.1, 0.15) is 20.9 Å². The van der Waals surface area contributed by atoms with Crippen molar-refractivity contribution in [3.8, 4) is 11.8 Å². The lowest BCUT2D eigenvalue weighted by Gasteiger charge is -1.96. The number of aliphatic hydroxyl groups excluding tert-OH is 1. The predicted octanol–water partition coefficient (Wildman–Crippen LogP) is 1.64. The normalized spacial score (nSPS) is 9.67. The minimum Gasteiger partial charge on any atom is -0.432 e.